The van der Waals surface area contributed by atoms with E-state index < -0.39 is 0 Å². The molecular weight excluding hydrogens is 320 g/mol. The summed E-state index contributed by atoms with van der Waals surface area (Å²) in [6.45, 7) is 0. The molecule has 1 aromatic heterocycles. The molecule has 118 valence electrons. The van der Waals surface area contributed by atoms with E-state index in [-0.39, 0.29) is 6.03 Å². The van der Waals surface area contributed by atoms with Gasteiger partial charge in [-0.2, -0.15) is 0 Å². The molecule has 0 bridgehead atoms. The zero-order valence-electron chi connectivity index (χ0n) is 12.6. The molecule has 0 unspecified atom stereocenters. The summed E-state index contributed by atoms with van der Waals surface area (Å²) in [7, 11) is 0. The second-order valence-electron chi connectivity index (χ2n) is 5.22. The maximum absolute atomic E-state index is 12.1. The molecule has 1 heterocycles. The van der Waals surface area contributed by atoms with E-state index in [1.165, 1.54) is 11.3 Å². The molecule has 5 nitrogen and oxygen atoms in total. The van der Waals surface area contributed by atoms with Gasteiger partial charge in [-0.1, -0.05) is 59.9 Å². The van der Waals surface area contributed by atoms with Gasteiger partial charge in [0, 0.05) is 5.39 Å². The van der Waals surface area contributed by atoms with Crippen molar-refractivity contribution in [3.05, 3.63) is 66.7 Å². The summed E-state index contributed by atoms with van der Waals surface area (Å²) in [5.74, 6) is 0. The lowest BCUT2D eigenvalue weighted by Gasteiger charge is -2.10. The molecule has 0 spiro atoms. The van der Waals surface area contributed by atoms with Crippen LogP contribution in [0.3, 0.4) is 0 Å². The van der Waals surface area contributed by atoms with Crippen molar-refractivity contribution in [3.63, 3.8) is 0 Å². The smallest absolute Gasteiger partial charge is 0.306 e. The molecule has 0 radical (unpaired) electrons. The molecule has 0 atom stereocenters. The first kappa shape index (κ1) is 14.5. The Morgan fingerprint density at radius 3 is 2.62 bits per heavy atom. The second-order valence-corrected chi connectivity index (χ2v) is 6.25. The Morgan fingerprint density at radius 2 is 1.71 bits per heavy atom. The highest BCUT2D eigenvalue weighted by Gasteiger charge is 2.07. The number of anilines is 2. The van der Waals surface area contributed by atoms with Crippen LogP contribution < -0.4 is 16.2 Å². The van der Waals surface area contributed by atoms with Crippen LogP contribution in [0.5, 0.6) is 0 Å². The van der Waals surface area contributed by atoms with E-state index in [9.17, 15) is 4.79 Å². The molecule has 0 aliphatic heterocycles. The van der Waals surface area contributed by atoms with E-state index in [4.69, 9.17) is 0 Å². The number of carbonyl (C=O) groups excluding carboxylic acids is 1. The molecule has 2 amide bonds. The Kier molecular flexibility index (Phi) is 3.72. The summed E-state index contributed by atoms with van der Waals surface area (Å²) in [4.78, 5) is 16.5. The molecule has 0 saturated heterocycles. The van der Waals surface area contributed by atoms with Gasteiger partial charge in [0.25, 0.3) is 0 Å². The van der Waals surface area contributed by atoms with Gasteiger partial charge in [0.2, 0.25) is 5.13 Å². The molecule has 3 N–H and O–H groups in total. The minimum atomic E-state index is -0.342. The van der Waals surface area contributed by atoms with Crippen molar-refractivity contribution in [1.29, 1.82) is 0 Å². The van der Waals surface area contributed by atoms with Gasteiger partial charge in [0.15, 0.2) is 0 Å². The molecule has 4 aromatic rings. The van der Waals surface area contributed by atoms with Crippen molar-refractivity contribution >= 4 is 49.2 Å². The van der Waals surface area contributed by atoms with Crippen LogP contribution in [0.1, 0.15) is 0 Å². The maximum atomic E-state index is 12.1. The van der Waals surface area contributed by atoms with E-state index >= 15 is 0 Å². The number of hydrogen-bond acceptors (Lipinski definition) is 4. The number of urea groups is 1. The quantitative estimate of drug-likeness (QED) is 0.480. The summed E-state index contributed by atoms with van der Waals surface area (Å²) in [6.07, 6.45) is 0. The molecule has 24 heavy (non-hydrogen) atoms. The predicted molar refractivity (Wildman–Crippen MR) is 99.3 cm³/mol. The lowest BCUT2D eigenvalue weighted by atomic mass is 10.1. The van der Waals surface area contributed by atoms with Gasteiger partial charge in [-0.05, 0) is 23.6 Å². The van der Waals surface area contributed by atoms with E-state index in [2.05, 4.69) is 21.2 Å². The number of fused-ring (bicyclic) bond motifs is 2. The number of thiazole rings is 1. The molecule has 3 aromatic carbocycles. The van der Waals surface area contributed by atoms with Crippen molar-refractivity contribution < 1.29 is 4.79 Å². The number of nitrogens with one attached hydrogen (secondary N) is 3. The molecular formula is C18H14N4OS. The van der Waals surface area contributed by atoms with Crippen LogP contribution in [0.15, 0.2) is 66.7 Å². The highest BCUT2D eigenvalue weighted by molar-refractivity contribution is 7.22. The normalized spacial score (nSPS) is 10.7. The number of hydrogen-bond donors (Lipinski definition) is 3. The lowest BCUT2D eigenvalue weighted by molar-refractivity contribution is 0.254. The monoisotopic (exact) mass is 334 g/mol. The fraction of sp³-hybridized carbons (Fsp3) is 0. The van der Waals surface area contributed by atoms with Crippen molar-refractivity contribution in [2.45, 2.75) is 0 Å². The van der Waals surface area contributed by atoms with Gasteiger partial charge in [0.05, 0.1) is 15.9 Å². The average molecular weight is 334 g/mol. The van der Waals surface area contributed by atoms with Crippen molar-refractivity contribution in [3.8, 4) is 0 Å². The van der Waals surface area contributed by atoms with Crippen LogP contribution in [-0.2, 0) is 0 Å². The Bertz CT molecular complexity index is 989. The van der Waals surface area contributed by atoms with Crippen LogP contribution in [0, 0.1) is 0 Å². The minimum absolute atomic E-state index is 0.342. The molecule has 4 rings (SSSR count). The number of carbonyl (C=O) groups is 1. The minimum Gasteiger partial charge on any atom is -0.306 e. The SMILES string of the molecule is O=C(NNc1nc2ccccc2s1)Nc1cccc2ccccc12. The summed E-state index contributed by atoms with van der Waals surface area (Å²) in [5.41, 5.74) is 7.13. The van der Waals surface area contributed by atoms with Gasteiger partial charge < -0.3 is 5.32 Å². The van der Waals surface area contributed by atoms with E-state index in [0.717, 1.165) is 26.7 Å². The van der Waals surface area contributed by atoms with Gasteiger partial charge in [-0.15, -0.1) is 0 Å². The van der Waals surface area contributed by atoms with Crippen LogP contribution in [0.4, 0.5) is 15.6 Å². The third kappa shape index (κ3) is 2.87. The van der Waals surface area contributed by atoms with Crippen molar-refractivity contribution in [2.24, 2.45) is 0 Å². The summed E-state index contributed by atoms with van der Waals surface area (Å²) in [5, 5.41) is 5.57. The summed E-state index contributed by atoms with van der Waals surface area (Å²) < 4.78 is 1.07. The van der Waals surface area contributed by atoms with Crippen LogP contribution in [0.2, 0.25) is 0 Å². The fourth-order valence-corrected chi connectivity index (χ4v) is 3.34. The first-order valence-corrected chi connectivity index (χ1v) is 8.27. The Morgan fingerprint density at radius 1 is 0.917 bits per heavy atom. The number of rotatable bonds is 3. The first-order chi connectivity index (χ1) is 11.8. The largest absolute Gasteiger partial charge is 0.337 e. The topological polar surface area (TPSA) is 66.0 Å². The standard InChI is InChI=1S/C18H14N4OS/c23-17(19-14-10-5-7-12-6-1-2-8-13(12)14)21-22-18-20-15-9-3-4-11-16(15)24-18/h1-11H,(H,20,22)(H2,19,21,23). The van der Waals surface area contributed by atoms with E-state index in [0.29, 0.717) is 5.13 Å². The molecule has 0 aliphatic carbocycles. The van der Waals surface area contributed by atoms with Gasteiger partial charge >= 0.3 is 6.03 Å². The maximum Gasteiger partial charge on any atom is 0.337 e. The van der Waals surface area contributed by atoms with Crippen LogP contribution >= 0.6 is 11.3 Å². The fourth-order valence-electron chi connectivity index (χ4n) is 2.52. The number of para-hydroxylation sites is 1. The van der Waals surface area contributed by atoms with Crippen molar-refractivity contribution in [2.75, 3.05) is 10.7 Å². The first-order valence-electron chi connectivity index (χ1n) is 7.46. The summed E-state index contributed by atoms with van der Waals surface area (Å²) >= 11 is 1.48. The lowest BCUT2D eigenvalue weighted by Crippen LogP contribution is -2.33. The molecule has 0 fully saturated rings. The summed E-state index contributed by atoms with van der Waals surface area (Å²) in [6, 6.07) is 21.2. The van der Waals surface area contributed by atoms with Crippen LogP contribution in [-0.4, -0.2) is 11.0 Å². The third-order valence-electron chi connectivity index (χ3n) is 3.61. The number of nitrogens with zero attached hydrogens (tertiary/aromatic N) is 1. The molecule has 0 saturated carbocycles. The zero-order valence-corrected chi connectivity index (χ0v) is 13.4. The number of benzene rings is 3. The van der Waals surface area contributed by atoms with Gasteiger partial charge in [-0.3, -0.25) is 5.43 Å². The van der Waals surface area contributed by atoms with Gasteiger partial charge in [0.1, 0.15) is 0 Å². The van der Waals surface area contributed by atoms with Gasteiger partial charge in [-0.25, -0.2) is 15.2 Å². The van der Waals surface area contributed by atoms with Crippen molar-refractivity contribution in [1.82, 2.24) is 10.4 Å². The number of aromatic nitrogens is 1. The Labute approximate surface area is 142 Å². The highest BCUT2D eigenvalue weighted by Crippen LogP contribution is 2.25. The predicted octanol–water partition coefficient (Wildman–Crippen LogP) is 4.60. The molecule has 6 heteroatoms. The van der Waals surface area contributed by atoms with E-state index in [1.807, 2.05) is 66.7 Å². The Hall–Kier alpha value is -3.12. The average Bonchev–Trinajstić information content (AvgIpc) is 3.03. The number of hydrazine groups is 1. The second kappa shape index (κ2) is 6.17. The molecule has 0 aliphatic rings. The van der Waals surface area contributed by atoms with E-state index in [1.54, 1.807) is 0 Å². The Balaban J connectivity index is 1.46. The third-order valence-corrected chi connectivity index (χ3v) is 4.57. The highest BCUT2D eigenvalue weighted by atomic mass is 32.1. The van der Waals surface area contributed by atoms with Crippen LogP contribution in [0.25, 0.3) is 21.0 Å². The zero-order chi connectivity index (χ0) is 16.4. The number of amides is 2.